The first-order chi connectivity index (χ1) is 9.81. The number of carboxylic acids is 1. The lowest BCUT2D eigenvalue weighted by Gasteiger charge is -2.12. The maximum Gasteiger partial charge on any atom is 0.338 e. The third-order valence-corrected chi connectivity index (χ3v) is 4.99. The van der Waals surface area contributed by atoms with Crippen molar-refractivity contribution in [1.82, 2.24) is 4.72 Å². The van der Waals surface area contributed by atoms with Crippen molar-refractivity contribution in [2.24, 2.45) is 5.92 Å². The van der Waals surface area contributed by atoms with Gasteiger partial charge in [-0.2, -0.15) is 0 Å². The Balaban J connectivity index is 2.28. The van der Waals surface area contributed by atoms with Crippen molar-refractivity contribution in [2.75, 3.05) is 19.8 Å². The summed E-state index contributed by atoms with van der Waals surface area (Å²) in [7, 11) is -4.13. The summed E-state index contributed by atoms with van der Waals surface area (Å²) < 4.78 is 45.9. The van der Waals surface area contributed by atoms with Crippen LogP contribution in [0.4, 0.5) is 4.39 Å². The molecule has 1 aliphatic rings. The van der Waals surface area contributed by atoms with Crippen LogP contribution in [-0.4, -0.2) is 39.3 Å². The number of carboxylic acid groups (broad SMARTS) is 1. The van der Waals surface area contributed by atoms with Gasteiger partial charge in [-0.15, -0.1) is 0 Å². The largest absolute Gasteiger partial charge is 0.478 e. The maximum absolute atomic E-state index is 14.1. The van der Waals surface area contributed by atoms with E-state index >= 15 is 0 Å². The van der Waals surface area contributed by atoms with Crippen LogP contribution in [-0.2, 0) is 14.8 Å². The third-order valence-electron chi connectivity index (χ3n) is 3.11. The van der Waals surface area contributed by atoms with Crippen LogP contribution in [0, 0.1) is 11.7 Å². The van der Waals surface area contributed by atoms with Gasteiger partial charge in [0.2, 0.25) is 10.0 Å². The van der Waals surface area contributed by atoms with Crippen molar-refractivity contribution in [1.29, 1.82) is 0 Å². The van der Waals surface area contributed by atoms with Gasteiger partial charge < -0.3 is 9.84 Å². The van der Waals surface area contributed by atoms with Crippen molar-refractivity contribution in [2.45, 2.75) is 11.3 Å². The molecule has 0 aromatic heterocycles. The molecule has 6 nitrogen and oxygen atoms in total. The smallest absolute Gasteiger partial charge is 0.338 e. The second kappa shape index (κ2) is 6.39. The Morgan fingerprint density at radius 1 is 1.52 bits per heavy atom. The molecule has 0 bridgehead atoms. The van der Waals surface area contributed by atoms with Crippen molar-refractivity contribution in [3.05, 3.63) is 28.0 Å². The van der Waals surface area contributed by atoms with E-state index in [0.717, 1.165) is 18.6 Å². The Bertz CT molecular complexity index is 658. The summed E-state index contributed by atoms with van der Waals surface area (Å²) in [6, 6.07) is 2.05. The van der Waals surface area contributed by atoms with Gasteiger partial charge >= 0.3 is 5.97 Å². The highest BCUT2D eigenvalue weighted by atomic mass is 79.9. The number of aromatic carboxylic acids is 1. The molecule has 116 valence electrons. The zero-order valence-electron chi connectivity index (χ0n) is 10.8. The van der Waals surface area contributed by atoms with Crippen molar-refractivity contribution < 1.29 is 27.4 Å². The molecule has 1 saturated heterocycles. The van der Waals surface area contributed by atoms with Gasteiger partial charge in [-0.1, -0.05) is 15.9 Å². The molecule has 0 radical (unpaired) electrons. The number of benzene rings is 1. The van der Waals surface area contributed by atoms with Gasteiger partial charge in [0.1, 0.15) is 4.90 Å². The van der Waals surface area contributed by atoms with Gasteiger partial charge in [-0.25, -0.2) is 22.3 Å². The average Bonchev–Trinajstić information content (AvgIpc) is 2.91. The molecule has 1 fully saturated rings. The molecular formula is C12H13BrFNO5S. The monoisotopic (exact) mass is 381 g/mol. The fourth-order valence-corrected chi connectivity index (χ4v) is 3.81. The molecule has 0 aliphatic carbocycles. The molecule has 1 heterocycles. The predicted molar refractivity (Wildman–Crippen MR) is 75.2 cm³/mol. The van der Waals surface area contributed by atoms with E-state index in [1.165, 1.54) is 0 Å². The number of hydrogen-bond acceptors (Lipinski definition) is 4. The van der Waals surface area contributed by atoms with Gasteiger partial charge in [0.15, 0.2) is 5.82 Å². The lowest BCUT2D eigenvalue weighted by atomic mass is 10.1. The SMILES string of the molecule is O=C(O)c1cc(Br)cc(S(=O)(=O)NCC2CCOC2)c1F. The molecular weight excluding hydrogens is 369 g/mol. The molecule has 0 spiro atoms. The van der Waals surface area contributed by atoms with Crippen LogP contribution in [0.3, 0.4) is 0 Å². The van der Waals surface area contributed by atoms with E-state index in [9.17, 15) is 17.6 Å². The molecule has 2 N–H and O–H groups in total. The van der Waals surface area contributed by atoms with Crippen molar-refractivity contribution in [3.8, 4) is 0 Å². The van der Waals surface area contributed by atoms with Crippen LogP contribution >= 0.6 is 15.9 Å². The fraction of sp³-hybridized carbons (Fsp3) is 0.417. The van der Waals surface area contributed by atoms with E-state index in [2.05, 4.69) is 20.7 Å². The number of halogens is 2. The predicted octanol–water partition coefficient (Wildman–Crippen LogP) is 1.60. The van der Waals surface area contributed by atoms with Crippen LogP contribution in [0.15, 0.2) is 21.5 Å². The number of ether oxygens (including phenoxy) is 1. The Labute approximate surface area is 129 Å². The van der Waals surface area contributed by atoms with Crippen LogP contribution in [0.5, 0.6) is 0 Å². The number of sulfonamides is 1. The van der Waals surface area contributed by atoms with Gasteiger partial charge in [0.25, 0.3) is 0 Å². The zero-order valence-corrected chi connectivity index (χ0v) is 13.2. The van der Waals surface area contributed by atoms with E-state index in [1.807, 2.05) is 0 Å². The van der Waals surface area contributed by atoms with Crippen molar-refractivity contribution in [3.63, 3.8) is 0 Å². The van der Waals surface area contributed by atoms with Crippen molar-refractivity contribution >= 4 is 31.9 Å². The van der Waals surface area contributed by atoms with E-state index < -0.39 is 32.3 Å². The molecule has 1 aromatic rings. The molecule has 1 unspecified atom stereocenters. The molecule has 9 heteroatoms. The highest BCUT2D eigenvalue weighted by Crippen LogP contribution is 2.24. The van der Waals surface area contributed by atoms with E-state index in [4.69, 9.17) is 9.84 Å². The minimum Gasteiger partial charge on any atom is -0.478 e. The fourth-order valence-electron chi connectivity index (χ4n) is 1.97. The Kier molecular flexibility index (Phi) is 4.97. The molecule has 0 saturated carbocycles. The molecule has 1 atom stereocenters. The molecule has 0 amide bonds. The van der Waals surface area contributed by atoms with Crippen LogP contribution in [0.1, 0.15) is 16.8 Å². The van der Waals surface area contributed by atoms with Gasteiger partial charge in [0.05, 0.1) is 12.2 Å². The first-order valence-electron chi connectivity index (χ1n) is 6.11. The quantitative estimate of drug-likeness (QED) is 0.807. The highest BCUT2D eigenvalue weighted by molar-refractivity contribution is 9.10. The Morgan fingerprint density at radius 2 is 2.24 bits per heavy atom. The molecule has 2 rings (SSSR count). The maximum atomic E-state index is 14.1. The average molecular weight is 382 g/mol. The lowest BCUT2D eigenvalue weighted by molar-refractivity contribution is 0.0691. The summed E-state index contributed by atoms with van der Waals surface area (Å²) in [4.78, 5) is 10.2. The zero-order chi connectivity index (χ0) is 15.6. The number of carbonyl (C=O) groups is 1. The Hall–Kier alpha value is -1.03. The van der Waals surface area contributed by atoms with E-state index in [-0.39, 0.29) is 16.9 Å². The number of hydrogen-bond donors (Lipinski definition) is 2. The molecule has 21 heavy (non-hydrogen) atoms. The molecule has 1 aromatic carbocycles. The second-order valence-electron chi connectivity index (χ2n) is 4.65. The molecule has 1 aliphatic heterocycles. The number of rotatable bonds is 5. The Morgan fingerprint density at radius 3 is 2.81 bits per heavy atom. The first kappa shape index (κ1) is 16.3. The summed E-state index contributed by atoms with van der Waals surface area (Å²) in [5.41, 5.74) is -0.700. The summed E-state index contributed by atoms with van der Waals surface area (Å²) in [5.74, 6) is -2.77. The van der Waals surface area contributed by atoms with Crippen LogP contribution < -0.4 is 4.72 Å². The van der Waals surface area contributed by atoms with Gasteiger partial charge in [-0.05, 0) is 24.5 Å². The number of nitrogens with one attached hydrogen (secondary N) is 1. The normalized spacial score (nSPS) is 18.9. The van der Waals surface area contributed by atoms with Crippen LogP contribution in [0.25, 0.3) is 0 Å². The first-order valence-corrected chi connectivity index (χ1v) is 8.38. The summed E-state index contributed by atoms with van der Waals surface area (Å²) >= 11 is 2.98. The van der Waals surface area contributed by atoms with E-state index in [0.29, 0.717) is 13.2 Å². The topological polar surface area (TPSA) is 92.7 Å². The minimum absolute atomic E-state index is 0.0360. The summed E-state index contributed by atoms with van der Waals surface area (Å²) in [6.45, 7) is 1.14. The second-order valence-corrected chi connectivity index (χ2v) is 7.30. The third kappa shape index (κ3) is 3.79. The minimum atomic E-state index is -4.13. The van der Waals surface area contributed by atoms with E-state index in [1.54, 1.807) is 0 Å². The summed E-state index contributed by atoms with van der Waals surface area (Å²) in [5, 5.41) is 8.89. The van der Waals surface area contributed by atoms with Gasteiger partial charge in [0, 0.05) is 17.6 Å². The summed E-state index contributed by atoms with van der Waals surface area (Å²) in [6.07, 6.45) is 0.726. The highest BCUT2D eigenvalue weighted by Gasteiger charge is 2.26. The van der Waals surface area contributed by atoms with Crippen LogP contribution in [0.2, 0.25) is 0 Å². The lowest BCUT2D eigenvalue weighted by Crippen LogP contribution is -2.30. The standard InChI is InChI=1S/C12H13BrFNO5S/c13-8-3-9(12(16)17)11(14)10(4-8)21(18,19)15-5-7-1-2-20-6-7/h3-4,7,15H,1-2,5-6H2,(H,16,17). The van der Waals surface area contributed by atoms with Gasteiger partial charge in [-0.3, -0.25) is 0 Å².